The first-order valence-corrected chi connectivity index (χ1v) is 9.01. The standard InChI is InChI=1S/C20H21F2N3O3/c1-13(14-5-3-7-17(10-14)25(27)28)23(2)19(26)12-24-8-4-6-15-9-16(21)11-18(22)20(15)24/h3,5,7,9-11,13H,4,6,8,12H2,1-2H3/t13-/m0/s1. The maximum atomic E-state index is 14.3. The first kappa shape index (κ1) is 19.7. The molecule has 0 saturated heterocycles. The summed E-state index contributed by atoms with van der Waals surface area (Å²) in [4.78, 5) is 26.4. The van der Waals surface area contributed by atoms with Crippen LogP contribution >= 0.6 is 0 Å². The molecule has 1 amide bonds. The van der Waals surface area contributed by atoms with Gasteiger partial charge >= 0.3 is 0 Å². The van der Waals surface area contributed by atoms with Crippen LogP contribution < -0.4 is 4.90 Å². The summed E-state index contributed by atoms with van der Waals surface area (Å²) in [7, 11) is 1.61. The fourth-order valence-corrected chi connectivity index (χ4v) is 3.51. The molecule has 0 saturated carbocycles. The molecule has 28 heavy (non-hydrogen) atoms. The van der Waals surface area contributed by atoms with E-state index in [-0.39, 0.29) is 23.8 Å². The van der Waals surface area contributed by atoms with E-state index in [4.69, 9.17) is 0 Å². The SMILES string of the molecule is C[C@@H](c1cccc([N+](=O)[O-])c1)N(C)C(=O)CN1CCCc2cc(F)cc(F)c21. The zero-order valence-corrected chi connectivity index (χ0v) is 15.7. The highest BCUT2D eigenvalue weighted by Crippen LogP contribution is 2.31. The van der Waals surface area contributed by atoms with Gasteiger partial charge in [-0.05, 0) is 37.0 Å². The molecular formula is C20H21F2N3O3. The maximum Gasteiger partial charge on any atom is 0.269 e. The predicted molar refractivity (Wildman–Crippen MR) is 101 cm³/mol. The van der Waals surface area contributed by atoms with Crippen molar-refractivity contribution in [3.63, 3.8) is 0 Å². The number of likely N-dealkylation sites (N-methyl/N-ethyl adjacent to an activating group) is 1. The Morgan fingerprint density at radius 3 is 2.79 bits per heavy atom. The molecule has 6 nitrogen and oxygen atoms in total. The minimum Gasteiger partial charge on any atom is -0.360 e. The van der Waals surface area contributed by atoms with E-state index in [1.807, 2.05) is 0 Å². The summed E-state index contributed by atoms with van der Waals surface area (Å²) >= 11 is 0. The Labute approximate surface area is 161 Å². The van der Waals surface area contributed by atoms with E-state index in [2.05, 4.69) is 0 Å². The maximum absolute atomic E-state index is 14.3. The van der Waals surface area contributed by atoms with E-state index in [0.29, 0.717) is 30.5 Å². The summed E-state index contributed by atoms with van der Waals surface area (Å²) in [6.45, 7) is 2.22. The van der Waals surface area contributed by atoms with Gasteiger partial charge in [-0.2, -0.15) is 0 Å². The van der Waals surface area contributed by atoms with Crippen LogP contribution in [0.15, 0.2) is 36.4 Å². The average Bonchev–Trinajstić information content (AvgIpc) is 2.66. The van der Waals surface area contributed by atoms with Crippen LogP contribution in [0.25, 0.3) is 0 Å². The topological polar surface area (TPSA) is 66.7 Å². The predicted octanol–water partition coefficient (Wildman–Crippen LogP) is 3.85. The molecule has 1 heterocycles. The summed E-state index contributed by atoms with van der Waals surface area (Å²) in [6.07, 6.45) is 1.27. The Morgan fingerprint density at radius 1 is 1.32 bits per heavy atom. The van der Waals surface area contributed by atoms with Crippen molar-refractivity contribution in [3.8, 4) is 0 Å². The van der Waals surface area contributed by atoms with Gasteiger partial charge in [0.1, 0.15) is 11.6 Å². The molecule has 1 aliphatic heterocycles. The van der Waals surface area contributed by atoms with Crippen molar-refractivity contribution in [2.75, 3.05) is 25.0 Å². The fraction of sp³-hybridized carbons (Fsp3) is 0.350. The molecule has 0 aliphatic carbocycles. The second kappa shape index (κ2) is 7.92. The van der Waals surface area contributed by atoms with Crippen molar-refractivity contribution in [2.45, 2.75) is 25.8 Å². The Balaban J connectivity index is 1.77. The number of hydrogen-bond acceptors (Lipinski definition) is 4. The van der Waals surface area contributed by atoms with Crippen LogP contribution in [0.1, 0.15) is 30.5 Å². The number of nitrogens with zero attached hydrogens (tertiary/aromatic N) is 3. The number of non-ortho nitro benzene ring substituents is 1. The van der Waals surface area contributed by atoms with E-state index >= 15 is 0 Å². The van der Waals surface area contributed by atoms with Gasteiger partial charge in [-0.15, -0.1) is 0 Å². The summed E-state index contributed by atoms with van der Waals surface area (Å²) in [5.41, 5.74) is 1.43. The molecule has 0 bridgehead atoms. The molecule has 3 rings (SSSR count). The zero-order chi connectivity index (χ0) is 20.4. The number of fused-ring (bicyclic) bond motifs is 1. The van der Waals surface area contributed by atoms with E-state index in [0.717, 1.165) is 6.07 Å². The lowest BCUT2D eigenvalue weighted by atomic mass is 10.0. The van der Waals surface area contributed by atoms with Crippen molar-refractivity contribution in [1.29, 1.82) is 0 Å². The van der Waals surface area contributed by atoms with Gasteiger partial charge in [0.15, 0.2) is 0 Å². The summed E-state index contributed by atoms with van der Waals surface area (Å²) in [6, 6.07) is 7.88. The molecule has 8 heteroatoms. The number of aryl methyl sites for hydroxylation is 1. The minimum atomic E-state index is -0.670. The van der Waals surface area contributed by atoms with Crippen LogP contribution in [-0.2, 0) is 11.2 Å². The minimum absolute atomic E-state index is 0.0424. The number of amides is 1. The Kier molecular flexibility index (Phi) is 5.58. The van der Waals surface area contributed by atoms with Crippen LogP contribution in [0.2, 0.25) is 0 Å². The second-order valence-corrected chi connectivity index (χ2v) is 6.95. The van der Waals surface area contributed by atoms with E-state index in [9.17, 15) is 23.7 Å². The second-order valence-electron chi connectivity index (χ2n) is 6.95. The zero-order valence-electron chi connectivity index (χ0n) is 15.7. The molecule has 0 unspecified atom stereocenters. The smallest absolute Gasteiger partial charge is 0.269 e. The third kappa shape index (κ3) is 3.95. The molecule has 2 aromatic rings. The van der Waals surface area contributed by atoms with Gasteiger partial charge in [0.25, 0.3) is 5.69 Å². The lowest BCUT2D eigenvalue weighted by molar-refractivity contribution is -0.384. The van der Waals surface area contributed by atoms with E-state index in [1.54, 1.807) is 31.0 Å². The van der Waals surface area contributed by atoms with E-state index in [1.165, 1.54) is 23.1 Å². The number of carbonyl (C=O) groups is 1. The Bertz CT molecular complexity index is 920. The monoisotopic (exact) mass is 389 g/mol. The molecule has 0 spiro atoms. The highest BCUT2D eigenvalue weighted by atomic mass is 19.1. The van der Waals surface area contributed by atoms with Gasteiger partial charge in [-0.1, -0.05) is 12.1 Å². The van der Waals surface area contributed by atoms with Gasteiger partial charge in [-0.25, -0.2) is 8.78 Å². The van der Waals surface area contributed by atoms with Gasteiger partial charge in [-0.3, -0.25) is 14.9 Å². The van der Waals surface area contributed by atoms with Crippen molar-refractivity contribution in [1.82, 2.24) is 4.90 Å². The van der Waals surface area contributed by atoms with Gasteiger partial charge < -0.3 is 9.80 Å². The van der Waals surface area contributed by atoms with Gasteiger partial charge in [0.2, 0.25) is 5.91 Å². The number of benzene rings is 2. The van der Waals surface area contributed by atoms with Gasteiger partial charge in [0.05, 0.1) is 23.2 Å². The number of nitro benzene ring substituents is 1. The summed E-state index contributed by atoms with van der Waals surface area (Å²) in [5, 5.41) is 11.0. The lowest BCUT2D eigenvalue weighted by Gasteiger charge is -2.33. The summed E-state index contributed by atoms with van der Waals surface area (Å²) in [5.74, 6) is -1.55. The average molecular weight is 389 g/mol. The van der Waals surface area contributed by atoms with Crippen molar-refractivity contribution in [3.05, 3.63) is 69.3 Å². The molecular weight excluding hydrogens is 368 g/mol. The van der Waals surface area contributed by atoms with Gasteiger partial charge in [0, 0.05) is 31.8 Å². The molecule has 0 fully saturated rings. The van der Waals surface area contributed by atoms with Crippen LogP contribution in [-0.4, -0.2) is 35.9 Å². The van der Waals surface area contributed by atoms with Crippen LogP contribution in [0.5, 0.6) is 0 Å². The Hall–Kier alpha value is -3.03. The number of hydrogen-bond donors (Lipinski definition) is 0. The molecule has 1 atom stereocenters. The quantitative estimate of drug-likeness (QED) is 0.576. The molecule has 2 aromatic carbocycles. The van der Waals surface area contributed by atoms with Crippen molar-refractivity contribution in [2.24, 2.45) is 0 Å². The number of carbonyl (C=O) groups excluding carboxylic acids is 1. The third-order valence-corrected chi connectivity index (χ3v) is 5.16. The normalized spacial score (nSPS) is 14.4. The first-order chi connectivity index (χ1) is 13.3. The Morgan fingerprint density at radius 2 is 2.07 bits per heavy atom. The van der Waals surface area contributed by atoms with Crippen molar-refractivity contribution < 1.29 is 18.5 Å². The molecule has 0 N–H and O–H groups in total. The summed E-state index contributed by atoms with van der Waals surface area (Å²) < 4.78 is 27.8. The number of rotatable bonds is 5. The van der Waals surface area contributed by atoms with Crippen molar-refractivity contribution >= 4 is 17.3 Å². The number of anilines is 1. The van der Waals surface area contributed by atoms with Crippen LogP contribution in [0, 0.1) is 21.7 Å². The highest BCUT2D eigenvalue weighted by molar-refractivity contribution is 5.82. The molecule has 148 valence electrons. The van der Waals surface area contributed by atoms with Crippen LogP contribution in [0.3, 0.4) is 0 Å². The number of nitro groups is 1. The highest BCUT2D eigenvalue weighted by Gasteiger charge is 2.26. The molecule has 1 aliphatic rings. The molecule has 0 aromatic heterocycles. The first-order valence-electron chi connectivity index (χ1n) is 9.01. The van der Waals surface area contributed by atoms with Crippen LogP contribution in [0.4, 0.5) is 20.2 Å². The van der Waals surface area contributed by atoms with E-state index < -0.39 is 22.6 Å². The fourth-order valence-electron chi connectivity index (χ4n) is 3.51. The molecule has 0 radical (unpaired) electrons. The lowest BCUT2D eigenvalue weighted by Crippen LogP contribution is -2.42. The number of halogens is 2. The largest absolute Gasteiger partial charge is 0.360 e. The third-order valence-electron chi connectivity index (χ3n) is 5.16.